The summed E-state index contributed by atoms with van der Waals surface area (Å²) in [7, 11) is 0. The zero-order chi connectivity index (χ0) is 13.4. The Bertz CT molecular complexity index is 611. The Hall–Kier alpha value is -1.69. The number of rotatable bonds is 2. The predicted molar refractivity (Wildman–Crippen MR) is 70.2 cm³/mol. The minimum absolute atomic E-state index is 0.0202. The van der Waals surface area contributed by atoms with Gasteiger partial charge in [0.2, 0.25) is 0 Å². The summed E-state index contributed by atoms with van der Waals surface area (Å²) in [4.78, 5) is 10.9. The maximum absolute atomic E-state index is 10.9. The van der Waals surface area contributed by atoms with E-state index in [0.29, 0.717) is 5.69 Å². The Balaban J connectivity index is 2.59. The van der Waals surface area contributed by atoms with Crippen LogP contribution in [0.2, 0.25) is 0 Å². The van der Waals surface area contributed by atoms with Gasteiger partial charge in [-0.05, 0) is 44.0 Å². The molecule has 0 saturated heterocycles. The highest BCUT2D eigenvalue weighted by Crippen LogP contribution is 2.24. The number of aryl methyl sites for hydroxylation is 2. The van der Waals surface area contributed by atoms with E-state index in [1.165, 1.54) is 4.68 Å². The summed E-state index contributed by atoms with van der Waals surface area (Å²) in [6.07, 6.45) is 0. The van der Waals surface area contributed by atoms with E-state index in [-0.39, 0.29) is 5.69 Å². The molecule has 0 saturated carbocycles. The third-order valence-corrected chi connectivity index (χ3v) is 4.01. The maximum atomic E-state index is 10.9. The average Bonchev–Trinajstić information content (AvgIpc) is 2.67. The second-order valence-electron chi connectivity index (χ2n) is 4.13. The lowest BCUT2D eigenvalue weighted by Gasteiger charge is -2.08. The Labute approximate surface area is 113 Å². The third kappa shape index (κ3) is 2.03. The van der Waals surface area contributed by atoms with Gasteiger partial charge in [0.25, 0.3) is 0 Å². The molecular weight excluding hydrogens is 298 g/mol. The molecule has 2 aromatic rings. The van der Waals surface area contributed by atoms with E-state index in [1.807, 2.05) is 26.0 Å². The fourth-order valence-corrected chi connectivity index (χ4v) is 2.05. The fraction of sp³-hybridized carbons (Fsp3) is 0.250. The Morgan fingerprint density at radius 2 is 1.83 bits per heavy atom. The van der Waals surface area contributed by atoms with Crippen LogP contribution in [0.1, 0.15) is 27.3 Å². The van der Waals surface area contributed by atoms with Crippen LogP contribution >= 0.6 is 15.9 Å². The van der Waals surface area contributed by atoms with E-state index in [4.69, 9.17) is 5.11 Å². The molecule has 0 bridgehead atoms. The van der Waals surface area contributed by atoms with Gasteiger partial charge in [-0.1, -0.05) is 21.1 Å². The van der Waals surface area contributed by atoms with Crippen molar-refractivity contribution >= 4 is 21.9 Å². The van der Waals surface area contributed by atoms with Gasteiger partial charge >= 0.3 is 5.97 Å². The van der Waals surface area contributed by atoms with E-state index in [1.54, 1.807) is 6.92 Å². The highest BCUT2D eigenvalue weighted by atomic mass is 79.9. The standard InChI is InChI=1S/C12H12BrN3O2/c1-6-4-9(5-7(2)10(6)13)16-8(3)11(12(17)18)14-15-16/h4-5H,1-3H3,(H,17,18). The van der Waals surface area contributed by atoms with Gasteiger partial charge < -0.3 is 5.11 Å². The van der Waals surface area contributed by atoms with Crippen molar-refractivity contribution in [3.8, 4) is 5.69 Å². The van der Waals surface area contributed by atoms with Crippen LogP contribution in [-0.2, 0) is 0 Å². The molecule has 94 valence electrons. The van der Waals surface area contributed by atoms with Crippen LogP contribution in [0.4, 0.5) is 0 Å². The Morgan fingerprint density at radius 3 is 2.28 bits per heavy atom. The Kier molecular flexibility index (Phi) is 3.21. The van der Waals surface area contributed by atoms with Gasteiger partial charge in [0.05, 0.1) is 11.4 Å². The number of benzene rings is 1. The molecule has 2 rings (SSSR count). The molecule has 1 aromatic carbocycles. The zero-order valence-electron chi connectivity index (χ0n) is 10.2. The highest BCUT2D eigenvalue weighted by molar-refractivity contribution is 9.10. The van der Waals surface area contributed by atoms with Gasteiger partial charge in [-0.2, -0.15) is 0 Å². The molecular formula is C12H12BrN3O2. The maximum Gasteiger partial charge on any atom is 0.358 e. The molecule has 0 aliphatic heterocycles. The van der Waals surface area contributed by atoms with Gasteiger partial charge in [-0.25, -0.2) is 9.48 Å². The van der Waals surface area contributed by atoms with Crippen LogP contribution in [0.3, 0.4) is 0 Å². The third-order valence-electron chi connectivity index (χ3n) is 2.76. The number of hydrogen-bond acceptors (Lipinski definition) is 3. The molecule has 0 amide bonds. The van der Waals surface area contributed by atoms with Crippen molar-refractivity contribution in [3.05, 3.63) is 39.1 Å². The van der Waals surface area contributed by atoms with Crippen molar-refractivity contribution in [1.82, 2.24) is 15.0 Å². The molecule has 0 atom stereocenters. The Morgan fingerprint density at radius 1 is 1.28 bits per heavy atom. The van der Waals surface area contributed by atoms with Crippen LogP contribution in [0, 0.1) is 20.8 Å². The number of aromatic nitrogens is 3. The number of nitrogens with zero attached hydrogens (tertiary/aromatic N) is 3. The van der Waals surface area contributed by atoms with Crippen LogP contribution in [0.5, 0.6) is 0 Å². The number of carboxylic acids is 1. The van der Waals surface area contributed by atoms with Gasteiger partial charge in [-0.15, -0.1) is 5.10 Å². The van der Waals surface area contributed by atoms with Crippen LogP contribution < -0.4 is 0 Å². The second-order valence-corrected chi connectivity index (χ2v) is 4.93. The van der Waals surface area contributed by atoms with Crippen LogP contribution in [0.15, 0.2) is 16.6 Å². The van der Waals surface area contributed by atoms with Crippen molar-refractivity contribution in [2.45, 2.75) is 20.8 Å². The van der Waals surface area contributed by atoms with Crippen molar-refractivity contribution in [2.75, 3.05) is 0 Å². The first-order valence-corrected chi connectivity index (χ1v) is 6.14. The normalized spacial score (nSPS) is 10.7. The van der Waals surface area contributed by atoms with Crippen molar-refractivity contribution in [2.24, 2.45) is 0 Å². The summed E-state index contributed by atoms with van der Waals surface area (Å²) in [5.74, 6) is -1.07. The van der Waals surface area contributed by atoms with Crippen LogP contribution in [-0.4, -0.2) is 26.1 Å². The summed E-state index contributed by atoms with van der Waals surface area (Å²) in [5.41, 5.74) is 3.44. The predicted octanol–water partition coefficient (Wildman–Crippen LogP) is 2.65. The highest BCUT2D eigenvalue weighted by Gasteiger charge is 2.16. The molecule has 1 aromatic heterocycles. The molecule has 0 aliphatic carbocycles. The minimum atomic E-state index is -1.07. The molecule has 0 unspecified atom stereocenters. The minimum Gasteiger partial charge on any atom is -0.476 e. The lowest BCUT2D eigenvalue weighted by atomic mass is 10.1. The lowest BCUT2D eigenvalue weighted by Crippen LogP contribution is -2.03. The van der Waals surface area contributed by atoms with Crippen molar-refractivity contribution in [1.29, 1.82) is 0 Å². The van der Waals surface area contributed by atoms with Gasteiger partial charge in [0.1, 0.15) is 0 Å². The molecule has 5 nitrogen and oxygen atoms in total. The zero-order valence-corrected chi connectivity index (χ0v) is 11.8. The summed E-state index contributed by atoms with van der Waals surface area (Å²) >= 11 is 3.49. The number of aromatic carboxylic acids is 1. The average molecular weight is 310 g/mol. The van der Waals surface area contributed by atoms with E-state index in [9.17, 15) is 4.79 Å². The van der Waals surface area contributed by atoms with Gasteiger partial charge in [0.15, 0.2) is 5.69 Å². The smallest absolute Gasteiger partial charge is 0.358 e. The number of carbonyl (C=O) groups is 1. The van der Waals surface area contributed by atoms with Crippen LogP contribution in [0.25, 0.3) is 5.69 Å². The fourth-order valence-electron chi connectivity index (χ4n) is 1.82. The quantitative estimate of drug-likeness (QED) is 0.926. The SMILES string of the molecule is Cc1cc(-n2nnc(C(=O)O)c2C)cc(C)c1Br. The first kappa shape index (κ1) is 12.8. The van der Waals surface area contributed by atoms with Crippen molar-refractivity contribution < 1.29 is 9.90 Å². The summed E-state index contributed by atoms with van der Waals surface area (Å²) in [6.45, 7) is 5.64. The number of hydrogen-bond donors (Lipinski definition) is 1. The van der Waals surface area contributed by atoms with E-state index >= 15 is 0 Å². The first-order chi connectivity index (χ1) is 8.41. The summed E-state index contributed by atoms with van der Waals surface area (Å²) in [6, 6.07) is 3.87. The molecule has 1 heterocycles. The monoisotopic (exact) mass is 309 g/mol. The van der Waals surface area contributed by atoms with E-state index in [0.717, 1.165) is 21.3 Å². The summed E-state index contributed by atoms with van der Waals surface area (Å²) in [5, 5.41) is 16.5. The first-order valence-electron chi connectivity index (χ1n) is 5.34. The molecule has 0 radical (unpaired) electrons. The summed E-state index contributed by atoms with van der Waals surface area (Å²) < 4.78 is 2.58. The van der Waals surface area contributed by atoms with E-state index in [2.05, 4.69) is 26.2 Å². The molecule has 0 fully saturated rings. The van der Waals surface area contributed by atoms with E-state index < -0.39 is 5.97 Å². The number of halogens is 1. The molecule has 18 heavy (non-hydrogen) atoms. The molecule has 1 N–H and O–H groups in total. The second kappa shape index (κ2) is 4.53. The molecule has 0 spiro atoms. The van der Waals surface area contributed by atoms with Crippen molar-refractivity contribution in [3.63, 3.8) is 0 Å². The topological polar surface area (TPSA) is 68.0 Å². The van der Waals surface area contributed by atoms with Gasteiger partial charge in [0, 0.05) is 4.47 Å². The lowest BCUT2D eigenvalue weighted by molar-refractivity contribution is 0.0689. The van der Waals surface area contributed by atoms with Gasteiger partial charge in [-0.3, -0.25) is 0 Å². The number of carboxylic acid groups (broad SMARTS) is 1. The molecule has 0 aliphatic rings. The molecule has 6 heteroatoms. The largest absolute Gasteiger partial charge is 0.476 e.